The van der Waals surface area contributed by atoms with Gasteiger partial charge in [0.25, 0.3) is 0 Å². The minimum absolute atomic E-state index is 0.251. The van der Waals surface area contributed by atoms with Crippen molar-refractivity contribution in [2.24, 2.45) is 0 Å². The van der Waals surface area contributed by atoms with Crippen LogP contribution in [0.25, 0.3) is 0 Å². The molecule has 1 unspecified atom stereocenters. The molecule has 0 aromatic heterocycles. The summed E-state index contributed by atoms with van der Waals surface area (Å²) in [5.41, 5.74) is 0.948. The third-order valence-corrected chi connectivity index (χ3v) is 4.47. The summed E-state index contributed by atoms with van der Waals surface area (Å²) in [4.78, 5) is 11.5. The summed E-state index contributed by atoms with van der Waals surface area (Å²) in [7, 11) is -3.13. The molecule has 16 heavy (non-hydrogen) atoms. The number of carbonyl (C=O) groups excluding carboxylic acids is 1. The average molecular weight is 301 g/mol. The monoisotopic (exact) mass is 301 g/mol. The second-order valence-electron chi connectivity index (χ2n) is 3.30. The van der Waals surface area contributed by atoms with Crippen molar-refractivity contribution in [3.05, 3.63) is 36.4 Å². The van der Waals surface area contributed by atoms with Crippen LogP contribution >= 0.6 is 0 Å². The molecular weight excluding hydrogens is 289 g/mol. The van der Waals surface area contributed by atoms with E-state index in [1.807, 2.05) is 0 Å². The Morgan fingerprint density at radius 1 is 1.31 bits per heavy atom. The number of hydrogen-bond donors (Lipinski definition) is 1. The molecule has 0 heterocycles. The SMILES string of the molecule is C=C(C)C(=O)Nc1ccc(S(=O)(=O)[AsH2])cc1. The summed E-state index contributed by atoms with van der Waals surface area (Å²) in [6.45, 7) is 5.10. The van der Waals surface area contributed by atoms with Crippen molar-refractivity contribution >= 4 is 35.4 Å². The molecule has 0 spiro atoms. The fourth-order valence-electron chi connectivity index (χ4n) is 0.966. The molecule has 0 saturated heterocycles. The minimum atomic E-state index is -3.13. The van der Waals surface area contributed by atoms with Crippen LogP contribution in [0.15, 0.2) is 41.3 Å². The Labute approximate surface area is 102 Å². The molecule has 1 rings (SSSR count). The first kappa shape index (κ1) is 13.0. The Morgan fingerprint density at radius 3 is 2.19 bits per heavy atom. The van der Waals surface area contributed by atoms with Crippen LogP contribution in [0.3, 0.4) is 0 Å². The summed E-state index contributed by atoms with van der Waals surface area (Å²) in [6.07, 6.45) is 0. The van der Waals surface area contributed by atoms with Gasteiger partial charge in [-0.1, -0.05) is 0 Å². The maximum absolute atomic E-state index is 11.3. The summed E-state index contributed by atoms with van der Waals surface area (Å²) in [5.74, 6) is -0.281. The third kappa shape index (κ3) is 3.50. The number of anilines is 1. The quantitative estimate of drug-likeness (QED) is 0.654. The van der Waals surface area contributed by atoms with E-state index in [-0.39, 0.29) is 10.8 Å². The summed E-state index contributed by atoms with van der Waals surface area (Å²) in [5, 5.41) is 2.59. The molecule has 0 aliphatic heterocycles. The fourth-order valence-corrected chi connectivity index (χ4v) is 2.47. The molecule has 1 amide bonds. The van der Waals surface area contributed by atoms with Gasteiger partial charge in [-0.3, -0.25) is 0 Å². The average Bonchev–Trinajstić information content (AvgIpc) is 2.17. The summed E-state index contributed by atoms with van der Waals surface area (Å²) in [6, 6.07) is 6.02. The van der Waals surface area contributed by atoms with Gasteiger partial charge >= 0.3 is 102 Å². The van der Waals surface area contributed by atoms with Crippen LogP contribution in [0, 0.1) is 0 Å². The first-order valence-corrected chi connectivity index (χ1v) is 8.92. The Balaban J connectivity index is 2.88. The number of benzene rings is 1. The molecule has 0 radical (unpaired) electrons. The molecule has 0 aliphatic rings. The zero-order valence-corrected chi connectivity index (χ0v) is 12.0. The van der Waals surface area contributed by atoms with Gasteiger partial charge < -0.3 is 0 Å². The van der Waals surface area contributed by atoms with E-state index in [0.717, 1.165) is 0 Å². The molecule has 0 saturated carbocycles. The van der Waals surface area contributed by atoms with Gasteiger partial charge in [-0.15, -0.1) is 0 Å². The normalized spacial score (nSPS) is 10.9. The van der Waals surface area contributed by atoms with Gasteiger partial charge in [0.1, 0.15) is 0 Å². The van der Waals surface area contributed by atoms with Crippen molar-refractivity contribution in [3.8, 4) is 0 Å². The molecular formula is C10H12AsNO3S. The van der Waals surface area contributed by atoms with Crippen molar-refractivity contribution < 1.29 is 13.2 Å². The molecule has 4 nitrogen and oxygen atoms in total. The predicted molar refractivity (Wildman–Crippen MR) is 65.6 cm³/mol. The van der Waals surface area contributed by atoms with Crippen molar-refractivity contribution in [1.82, 2.24) is 0 Å². The van der Waals surface area contributed by atoms with Gasteiger partial charge in [-0.05, 0) is 0 Å². The van der Waals surface area contributed by atoms with E-state index in [0.29, 0.717) is 27.0 Å². The van der Waals surface area contributed by atoms with E-state index < -0.39 is 8.10 Å². The number of carbonyl (C=O) groups is 1. The summed E-state index contributed by atoms with van der Waals surface area (Å²) < 4.78 is 22.4. The molecule has 1 N–H and O–H groups in total. The molecule has 86 valence electrons. The predicted octanol–water partition coefficient (Wildman–Crippen LogP) is 0.523. The van der Waals surface area contributed by atoms with Gasteiger partial charge in [0.15, 0.2) is 0 Å². The third-order valence-electron chi connectivity index (χ3n) is 1.83. The van der Waals surface area contributed by atoms with Crippen LogP contribution in [0.4, 0.5) is 5.69 Å². The Morgan fingerprint density at radius 2 is 1.81 bits per heavy atom. The number of hydrogen-bond acceptors (Lipinski definition) is 3. The van der Waals surface area contributed by atoms with Gasteiger partial charge in [-0.25, -0.2) is 0 Å². The van der Waals surface area contributed by atoms with E-state index in [2.05, 4.69) is 11.9 Å². The van der Waals surface area contributed by atoms with Gasteiger partial charge in [0, 0.05) is 0 Å². The Bertz CT molecular complexity index is 520. The van der Waals surface area contributed by atoms with Crippen molar-refractivity contribution in [2.45, 2.75) is 11.8 Å². The molecule has 1 aromatic carbocycles. The molecule has 0 aliphatic carbocycles. The number of nitrogens with one attached hydrogen (secondary N) is 1. The van der Waals surface area contributed by atoms with Gasteiger partial charge in [-0.2, -0.15) is 0 Å². The van der Waals surface area contributed by atoms with Crippen LogP contribution in [-0.4, -0.2) is 30.0 Å². The van der Waals surface area contributed by atoms with Crippen LogP contribution in [0.5, 0.6) is 0 Å². The molecule has 1 aromatic rings. The van der Waals surface area contributed by atoms with Crippen LogP contribution in [0.1, 0.15) is 6.92 Å². The van der Waals surface area contributed by atoms with Crippen LogP contribution in [0.2, 0.25) is 0 Å². The van der Waals surface area contributed by atoms with E-state index in [1.165, 1.54) is 12.1 Å². The Kier molecular flexibility index (Phi) is 3.94. The van der Waals surface area contributed by atoms with E-state index in [4.69, 9.17) is 0 Å². The van der Waals surface area contributed by atoms with E-state index in [1.54, 1.807) is 19.1 Å². The van der Waals surface area contributed by atoms with Crippen molar-refractivity contribution in [2.75, 3.05) is 5.32 Å². The van der Waals surface area contributed by atoms with E-state index >= 15 is 0 Å². The Hall–Kier alpha value is -1.06. The molecule has 1 atom stereocenters. The number of rotatable bonds is 3. The second kappa shape index (κ2) is 4.85. The first-order chi connectivity index (χ1) is 7.30. The topological polar surface area (TPSA) is 63.2 Å². The number of amides is 1. The first-order valence-electron chi connectivity index (χ1n) is 4.40. The van der Waals surface area contributed by atoms with Gasteiger partial charge in [0.2, 0.25) is 0 Å². The van der Waals surface area contributed by atoms with Crippen LogP contribution < -0.4 is 5.32 Å². The zero-order valence-electron chi connectivity index (χ0n) is 8.73. The maximum atomic E-state index is 11.3. The van der Waals surface area contributed by atoms with Crippen LogP contribution in [-0.2, 0) is 12.9 Å². The summed E-state index contributed by atoms with van der Waals surface area (Å²) >= 11 is 0.659. The van der Waals surface area contributed by atoms with Gasteiger partial charge in [0.05, 0.1) is 0 Å². The van der Waals surface area contributed by atoms with Crippen molar-refractivity contribution in [1.29, 1.82) is 0 Å². The molecule has 0 bridgehead atoms. The standard InChI is InChI=1S/C10H12AsNO3S/c1-7(2)10(13)12-8-3-5-9(6-4-8)16(11,14)15/h3-6H,1,11H2,2H3,(H,12,13). The zero-order chi connectivity index (χ0) is 12.3. The fraction of sp³-hybridized carbons (Fsp3) is 0.100. The second-order valence-corrected chi connectivity index (χ2v) is 8.77. The van der Waals surface area contributed by atoms with Crippen molar-refractivity contribution in [3.63, 3.8) is 0 Å². The molecule has 0 fully saturated rings. The van der Waals surface area contributed by atoms with E-state index in [9.17, 15) is 13.2 Å². The molecule has 6 heteroatoms.